The molecular weight excluding hydrogens is 435 g/mol. The molecule has 1 saturated carbocycles. The molecule has 0 amide bonds. The van der Waals surface area contributed by atoms with Crippen LogP contribution in [0.4, 0.5) is 0 Å². The lowest BCUT2D eigenvalue weighted by molar-refractivity contribution is 0.419. The van der Waals surface area contributed by atoms with Crippen LogP contribution in [0.2, 0.25) is 0 Å². The van der Waals surface area contributed by atoms with Crippen molar-refractivity contribution >= 4 is 41.7 Å². The third kappa shape index (κ3) is 8.04. The summed E-state index contributed by atoms with van der Waals surface area (Å²) in [4.78, 5) is 4.72. The summed E-state index contributed by atoms with van der Waals surface area (Å²) in [7, 11) is 0. The molecule has 1 aromatic rings. The van der Waals surface area contributed by atoms with E-state index >= 15 is 0 Å². The molecule has 0 aromatic carbocycles. The lowest BCUT2D eigenvalue weighted by Gasteiger charge is -2.29. The largest absolute Gasteiger partial charge is 0.357 e. The Balaban J connectivity index is 0.00000288. The van der Waals surface area contributed by atoms with Gasteiger partial charge in [0, 0.05) is 30.9 Å². The minimum Gasteiger partial charge on any atom is -0.357 e. The maximum atomic E-state index is 4.72. The van der Waals surface area contributed by atoms with Gasteiger partial charge in [-0.25, -0.2) is 0 Å². The molecule has 2 unspecified atom stereocenters. The Morgan fingerprint density at radius 2 is 2.08 bits per heavy atom. The van der Waals surface area contributed by atoms with Gasteiger partial charge < -0.3 is 15.2 Å². The molecule has 2 atom stereocenters. The Kier molecular flexibility index (Phi) is 11.5. The molecule has 138 valence electrons. The smallest absolute Gasteiger partial charge is 0.191 e. The maximum absolute atomic E-state index is 4.72. The summed E-state index contributed by atoms with van der Waals surface area (Å²) >= 11 is 2.00. The average molecular weight is 466 g/mol. The van der Waals surface area contributed by atoms with E-state index in [2.05, 4.69) is 34.0 Å². The van der Waals surface area contributed by atoms with Gasteiger partial charge in [0.25, 0.3) is 0 Å². The molecule has 1 heterocycles. The number of nitrogens with one attached hydrogen (secondary N) is 2. The van der Waals surface area contributed by atoms with Crippen molar-refractivity contribution in [1.29, 1.82) is 0 Å². The fourth-order valence-electron chi connectivity index (χ4n) is 2.94. The first-order valence-electron chi connectivity index (χ1n) is 8.72. The Morgan fingerprint density at radius 3 is 2.79 bits per heavy atom. The first-order valence-corrected chi connectivity index (χ1v) is 10.0. The van der Waals surface area contributed by atoms with Crippen LogP contribution >= 0.6 is 35.7 Å². The predicted molar refractivity (Wildman–Crippen MR) is 113 cm³/mol. The van der Waals surface area contributed by atoms with E-state index in [4.69, 9.17) is 4.99 Å². The highest BCUT2D eigenvalue weighted by Crippen LogP contribution is 2.26. The fraction of sp³-hybridized carbons (Fsp3) is 0.812. The zero-order valence-electron chi connectivity index (χ0n) is 14.8. The Hall–Kier alpha value is -0.510. The van der Waals surface area contributed by atoms with Gasteiger partial charge >= 0.3 is 0 Å². The molecule has 0 bridgehead atoms. The lowest BCUT2D eigenvalue weighted by Crippen LogP contribution is -2.45. The highest BCUT2D eigenvalue weighted by Gasteiger charge is 2.21. The molecule has 0 saturated heterocycles. The highest BCUT2D eigenvalue weighted by molar-refractivity contribution is 14.0. The summed E-state index contributed by atoms with van der Waals surface area (Å²) in [5, 5.41) is 15.4. The van der Waals surface area contributed by atoms with E-state index in [9.17, 15) is 0 Å². The van der Waals surface area contributed by atoms with Gasteiger partial charge in [0.15, 0.2) is 5.96 Å². The Morgan fingerprint density at radius 1 is 1.29 bits per heavy atom. The maximum Gasteiger partial charge on any atom is 0.191 e. The van der Waals surface area contributed by atoms with Crippen LogP contribution in [0.5, 0.6) is 0 Å². The van der Waals surface area contributed by atoms with E-state index < -0.39 is 0 Å². The number of aromatic nitrogens is 3. The molecule has 2 rings (SSSR count). The van der Waals surface area contributed by atoms with Crippen molar-refractivity contribution in [3.8, 4) is 0 Å². The molecule has 1 aliphatic rings. The molecule has 2 N–H and O–H groups in total. The van der Waals surface area contributed by atoms with Crippen LogP contribution < -0.4 is 10.6 Å². The number of nitrogens with zero attached hydrogens (tertiary/aromatic N) is 4. The number of unbranched alkanes of at least 4 members (excludes halogenated alkanes) is 1. The SMILES string of the molecule is CCNC(=NCCCCn1cnnc1)NC1CCCC(SC)C1.I. The van der Waals surface area contributed by atoms with Crippen molar-refractivity contribution < 1.29 is 0 Å². The molecule has 6 nitrogen and oxygen atoms in total. The summed E-state index contributed by atoms with van der Waals surface area (Å²) in [6, 6.07) is 0.566. The average Bonchev–Trinajstić information content (AvgIpc) is 3.08. The number of halogens is 1. The van der Waals surface area contributed by atoms with Crippen molar-refractivity contribution in [2.75, 3.05) is 19.3 Å². The van der Waals surface area contributed by atoms with Crippen LogP contribution in [-0.2, 0) is 6.54 Å². The first-order chi connectivity index (χ1) is 11.3. The van der Waals surface area contributed by atoms with E-state index in [1.807, 2.05) is 16.3 Å². The molecule has 8 heteroatoms. The second-order valence-corrected chi connectivity index (χ2v) is 7.17. The van der Waals surface area contributed by atoms with Crippen LogP contribution in [0, 0.1) is 0 Å². The van der Waals surface area contributed by atoms with Crippen LogP contribution in [0.15, 0.2) is 17.6 Å². The number of rotatable bonds is 8. The second-order valence-electron chi connectivity index (χ2n) is 6.03. The molecule has 24 heavy (non-hydrogen) atoms. The van der Waals surface area contributed by atoms with Gasteiger partial charge in [0.2, 0.25) is 0 Å². The van der Waals surface area contributed by atoms with Gasteiger partial charge in [0.05, 0.1) is 0 Å². The molecule has 1 aromatic heterocycles. The minimum atomic E-state index is 0. The summed E-state index contributed by atoms with van der Waals surface area (Å²) in [5.74, 6) is 0.976. The summed E-state index contributed by atoms with van der Waals surface area (Å²) in [6.45, 7) is 4.85. The van der Waals surface area contributed by atoms with Crippen molar-refractivity contribution in [2.24, 2.45) is 4.99 Å². The first kappa shape index (κ1) is 21.5. The summed E-state index contributed by atoms with van der Waals surface area (Å²) in [6.07, 6.45) is 13.1. The third-order valence-electron chi connectivity index (χ3n) is 4.21. The van der Waals surface area contributed by atoms with Gasteiger partial charge in [0.1, 0.15) is 12.7 Å². The normalized spacial score (nSPS) is 21.2. The van der Waals surface area contributed by atoms with Crippen LogP contribution in [0.1, 0.15) is 45.4 Å². The Bertz CT molecular complexity index is 453. The number of hydrogen-bond donors (Lipinski definition) is 2. The topological polar surface area (TPSA) is 67.1 Å². The van der Waals surface area contributed by atoms with Crippen molar-refractivity contribution in [3.63, 3.8) is 0 Å². The fourth-order valence-corrected chi connectivity index (χ4v) is 3.77. The predicted octanol–water partition coefficient (Wildman–Crippen LogP) is 2.91. The molecule has 0 spiro atoms. The van der Waals surface area contributed by atoms with Crippen molar-refractivity contribution in [2.45, 2.75) is 63.3 Å². The summed E-state index contributed by atoms with van der Waals surface area (Å²) < 4.78 is 2.01. The standard InChI is InChI=1S/C16H30N6S.HI/c1-3-17-16(21-14-7-6-8-15(11-14)23-2)18-9-4-5-10-22-12-19-20-13-22;/h12-15H,3-11H2,1-2H3,(H2,17,18,21);1H. The number of aryl methyl sites for hydroxylation is 1. The van der Waals surface area contributed by atoms with Crippen LogP contribution in [0.3, 0.4) is 0 Å². The van der Waals surface area contributed by atoms with Crippen LogP contribution in [0.25, 0.3) is 0 Å². The van der Waals surface area contributed by atoms with Crippen LogP contribution in [-0.4, -0.2) is 51.4 Å². The number of aliphatic imine (C=N–C) groups is 1. The van der Waals surface area contributed by atoms with E-state index in [1.165, 1.54) is 25.7 Å². The van der Waals surface area contributed by atoms with E-state index in [0.29, 0.717) is 6.04 Å². The van der Waals surface area contributed by atoms with Crippen molar-refractivity contribution in [3.05, 3.63) is 12.7 Å². The van der Waals surface area contributed by atoms with E-state index in [0.717, 1.165) is 43.7 Å². The molecule has 0 aliphatic heterocycles. The number of thioether (sulfide) groups is 1. The molecule has 1 aliphatic carbocycles. The van der Waals surface area contributed by atoms with E-state index in [-0.39, 0.29) is 24.0 Å². The van der Waals surface area contributed by atoms with Gasteiger partial charge in [-0.2, -0.15) is 11.8 Å². The highest BCUT2D eigenvalue weighted by atomic mass is 127. The molecule has 0 radical (unpaired) electrons. The molecular formula is C16H31IN6S. The summed E-state index contributed by atoms with van der Waals surface area (Å²) in [5.41, 5.74) is 0. The zero-order chi connectivity index (χ0) is 16.3. The van der Waals surface area contributed by atoms with Crippen molar-refractivity contribution in [1.82, 2.24) is 25.4 Å². The van der Waals surface area contributed by atoms with Gasteiger partial charge in [-0.1, -0.05) is 6.42 Å². The van der Waals surface area contributed by atoms with Gasteiger partial charge in [-0.15, -0.1) is 34.2 Å². The third-order valence-corrected chi connectivity index (χ3v) is 5.30. The van der Waals surface area contributed by atoms with Gasteiger partial charge in [-0.3, -0.25) is 4.99 Å². The monoisotopic (exact) mass is 466 g/mol. The minimum absolute atomic E-state index is 0. The quantitative estimate of drug-likeness (QED) is 0.267. The number of guanidine groups is 1. The number of hydrogen-bond acceptors (Lipinski definition) is 4. The second kappa shape index (κ2) is 12.8. The zero-order valence-corrected chi connectivity index (χ0v) is 17.9. The van der Waals surface area contributed by atoms with E-state index in [1.54, 1.807) is 12.7 Å². The van der Waals surface area contributed by atoms with Gasteiger partial charge in [-0.05, 0) is 45.3 Å². The molecule has 1 fully saturated rings. The Labute approximate surface area is 167 Å². The lowest BCUT2D eigenvalue weighted by atomic mass is 9.95.